The third kappa shape index (κ3) is 6.31. The Morgan fingerprint density at radius 2 is 1.70 bits per heavy atom. The van der Waals surface area contributed by atoms with E-state index in [4.69, 9.17) is 33.7 Å². The number of carbonyl (C=O) groups excluding carboxylic acids is 2. The van der Waals surface area contributed by atoms with Crippen LogP contribution >= 0.6 is 23.2 Å². The maximum atomic E-state index is 12.5. The molecular weight excluding hydrogens is 463 g/mol. The van der Waals surface area contributed by atoms with Crippen LogP contribution < -0.4 is 21.1 Å². The molecular formula is C24H28Cl2N4O3. The lowest BCUT2D eigenvalue weighted by Gasteiger charge is -2.39. The molecule has 4 N–H and O–H groups in total. The molecule has 4 rings (SSSR count). The predicted octanol–water partition coefficient (Wildman–Crippen LogP) is 4.56. The number of hydrogen-bond acceptors (Lipinski definition) is 4. The molecule has 2 aliphatic heterocycles. The first-order chi connectivity index (χ1) is 15.9. The van der Waals surface area contributed by atoms with Crippen molar-refractivity contribution in [3.63, 3.8) is 0 Å². The Morgan fingerprint density at radius 3 is 2.36 bits per heavy atom. The number of carbonyl (C=O) groups is 2. The van der Waals surface area contributed by atoms with Crippen LogP contribution in [0.1, 0.15) is 37.7 Å². The molecule has 1 unspecified atom stereocenters. The molecule has 7 nitrogen and oxygen atoms in total. The van der Waals surface area contributed by atoms with Gasteiger partial charge in [0, 0.05) is 34.7 Å². The Hall–Kier alpha value is -2.48. The number of nitrogens with zero attached hydrogens (tertiary/aromatic N) is 1. The molecule has 2 bridgehead atoms. The number of primary amides is 1. The molecule has 2 aromatic carbocycles. The van der Waals surface area contributed by atoms with Gasteiger partial charge < -0.3 is 21.1 Å². The van der Waals surface area contributed by atoms with Crippen molar-refractivity contribution in [1.82, 2.24) is 10.2 Å². The Labute approximate surface area is 203 Å². The molecule has 0 saturated carbocycles. The van der Waals surface area contributed by atoms with Gasteiger partial charge in [-0.15, -0.1) is 0 Å². The number of rotatable bonds is 8. The molecule has 0 aromatic heterocycles. The monoisotopic (exact) mass is 490 g/mol. The zero-order valence-corrected chi connectivity index (χ0v) is 19.7. The van der Waals surface area contributed by atoms with Gasteiger partial charge in [0.05, 0.1) is 18.7 Å². The van der Waals surface area contributed by atoms with Crippen LogP contribution in [0.4, 0.5) is 10.5 Å². The number of piperidine rings is 1. The summed E-state index contributed by atoms with van der Waals surface area (Å²) in [5.41, 5.74) is 6.83. The first-order valence-corrected chi connectivity index (χ1v) is 11.9. The van der Waals surface area contributed by atoms with Crippen molar-refractivity contribution in [2.24, 2.45) is 5.73 Å². The molecule has 0 aliphatic carbocycles. The van der Waals surface area contributed by atoms with Crippen molar-refractivity contribution < 1.29 is 14.3 Å². The molecule has 2 aromatic rings. The molecule has 2 saturated heterocycles. The summed E-state index contributed by atoms with van der Waals surface area (Å²) in [4.78, 5) is 26.3. The highest BCUT2D eigenvalue weighted by atomic mass is 35.5. The van der Waals surface area contributed by atoms with Crippen LogP contribution in [0, 0.1) is 0 Å². The smallest absolute Gasteiger partial charge is 0.316 e. The van der Waals surface area contributed by atoms with E-state index in [1.807, 2.05) is 12.1 Å². The molecule has 2 fully saturated rings. The van der Waals surface area contributed by atoms with Crippen LogP contribution in [0.5, 0.6) is 5.75 Å². The number of hydrogen-bond donors (Lipinski definition) is 3. The third-order valence-corrected chi connectivity index (χ3v) is 6.80. The van der Waals surface area contributed by atoms with E-state index in [2.05, 4.69) is 27.7 Å². The van der Waals surface area contributed by atoms with Crippen LogP contribution in [-0.2, 0) is 11.3 Å². The maximum absolute atomic E-state index is 12.5. The fourth-order valence-electron chi connectivity index (χ4n) is 4.86. The number of halogens is 2. The predicted molar refractivity (Wildman–Crippen MR) is 130 cm³/mol. The third-order valence-electron chi connectivity index (χ3n) is 6.31. The van der Waals surface area contributed by atoms with Crippen molar-refractivity contribution in [2.45, 2.75) is 56.8 Å². The Morgan fingerprint density at radius 1 is 1.03 bits per heavy atom. The lowest BCUT2D eigenvalue weighted by molar-refractivity contribution is -0.122. The standard InChI is InChI=1S/C24H28Cl2N4O3/c25-16-3-1-15(2-4-16)14-30-19-6-7-20(30)13-18(12-19)28-23(31)9-10-33-22-8-5-17(26)11-21(22)29-24(27)32/h1-5,8,11,18-20H,6-7,9-10,12-14H2,(H,28,31)(H3,27,29,32)/t18?,19-,20+. The Kier molecular flexibility index (Phi) is 7.63. The van der Waals surface area contributed by atoms with Gasteiger partial charge in [0.1, 0.15) is 5.75 Å². The molecule has 0 radical (unpaired) electrons. The minimum atomic E-state index is -0.711. The summed E-state index contributed by atoms with van der Waals surface area (Å²) < 4.78 is 5.69. The summed E-state index contributed by atoms with van der Waals surface area (Å²) in [6, 6.07) is 13.3. The maximum Gasteiger partial charge on any atom is 0.316 e. The topological polar surface area (TPSA) is 96.7 Å². The van der Waals surface area contributed by atoms with Gasteiger partial charge in [-0.1, -0.05) is 35.3 Å². The number of fused-ring (bicyclic) bond motifs is 2. The largest absolute Gasteiger partial charge is 0.491 e. The molecule has 3 amide bonds. The van der Waals surface area contributed by atoms with Crippen molar-refractivity contribution in [3.8, 4) is 5.75 Å². The summed E-state index contributed by atoms with van der Waals surface area (Å²) >= 11 is 12.0. The highest BCUT2D eigenvalue weighted by Gasteiger charge is 2.40. The van der Waals surface area contributed by atoms with E-state index in [1.165, 1.54) is 18.4 Å². The van der Waals surface area contributed by atoms with Crippen LogP contribution in [-0.4, -0.2) is 41.6 Å². The van der Waals surface area contributed by atoms with Crippen molar-refractivity contribution in [3.05, 3.63) is 58.1 Å². The number of anilines is 1. The van der Waals surface area contributed by atoms with Crippen molar-refractivity contribution >= 4 is 40.8 Å². The average Bonchev–Trinajstić information content (AvgIpc) is 2.98. The lowest BCUT2D eigenvalue weighted by Crippen LogP contribution is -2.50. The fourth-order valence-corrected chi connectivity index (χ4v) is 5.16. The zero-order chi connectivity index (χ0) is 23.4. The molecule has 0 spiro atoms. The fraction of sp³-hybridized carbons (Fsp3) is 0.417. The van der Waals surface area contributed by atoms with Gasteiger partial charge in [-0.05, 0) is 61.6 Å². The summed E-state index contributed by atoms with van der Waals surface area (Å²) in [7, 11) is 0. The first kappa shape index (κ1) is 23.7. The van der Waals surface area contributed by atoms with E-state index >= 15 is 0 Å². The van der Waals surface area contributed by atoms with E-state index in [0.717, 1.165) is 24.4 Å². The van der Waals surface area contributed by atoms with Gasteiger partial charge in [-0.2, -0.15) is 0 Å². The summed E-state index contributed by atoms with van der Waals surface area (Å²) in [5.74, 6) is 0.378. The second kappa shape index (κ2) is 10.6. The molecule has 33 heavy (non-hydrogen) atoms. The zero-order valence-electron chi connectivity index (χ0n) is 18.2. The first-order valence-electron chi connectivity index (χ1n) is 11.2. The number of nitrogens with two attached hydrogens (primary N) is 1. The summed E-state index contributed by atoms with van der Waals surface area (Å²) in [6.07, 6.45) is 4.47. The second-order valence-corrected chi connectivity index (χ2v) is 9.52. The summed E-state index contributed by atoms with van der Waals surface area (Å²) in [5, 5.41) is 6.85. The highest BCUT2D eigenvalue weighted by molar-refractivity contribution is 6.31. The number of nitrogens with one attached hydrogen (secondary N) is 2. The van der Waals surface area contributed by atoms with E-state index in [0.29, 0.717) is 28.5 Å². The average molecular weight is 491 g/mol. The van der Waals surface area contributed by atoms with Crippen LogP contribution in [0.2, 0.25) is 10.0 Å². The number of amides is 3. The van der Waals surface area contributed by atoms with Gasteiger partial charge in [-0.3, -0.25) is 9.69 Å². The van der Waals surface area contributed by atoms with Gasteiger partial charge in [0.15, 0.2) is 0 Å². The van der Waals surface area contributed by atoms with Crippen LogP contribution in [0.3, 0.4) is 0 Å². The highest BCUT2D eigenvalue weighted by Crippen LogP contribution is 2.37. The van der Waals surface area contributed by atoms with E-state index < -0.39 is 6.03 Å². The van der Waals surface area contributed by atoms with Gasteiger partial charge >= 0.3 is 6.03 Å². The van der Waals surface area contributed by atoms with Crippen LogP contribution in [0.15, 0.2) is 42.5 Å². The second-order valence-electron chi connectivity index (χ2n) is 8.65. The van der Waals surface area contributed by atoms with E-state index in [1.54, 1.807) is 18.2 Å². The minimum Gasteiger partial charge on any atom is -0.491 e. The van der Waals surface area contributed by atoms with E-state index in [9.17, 15) is 9.59 Å². The number of benzene rings is 2. The normalized spacial score (nSPS) is 22.1. The van der Waals surface area contributed by atoms with Crippen molar-refractivity contribution in [1.29, 1.82) is 0 Å². The molecule has 9 heteroatoms. The number of ether oxygens (including phenoxy) is 1. The Balaban J connectivity index is 1.24. The molecule has 2 aliphatic rings. The molecule has 3 atom stereocenters. The van der Waals surface area contributed by atoms with Gasteiger partial charge in [0.2, 0.25) is 5.91 Å². The van der Waals surface area contributed by atoms with Crippen molar-refractivity contribution in [2.75, 3.05) is 11.9 Å². The lowest BCUT2D eigenvalue weighted by atomic mass is 9.96. The summed E-state index contributed by atoms with van der Waals surface area (Å²) in [6.45, 7) is 1.10. The molecule has 2 heterocycles. The van der Waals surface area contributed by atoms with Gasteiger partial charge in [-0.25, -0.2) is 4.79 Å². The van der Waals surface area contributed by atoms with E-state index in [-0.39, 0.29) is 25.0 Å². The van der Waals surface area contributed by atoms with Crippen LogP contribution in [0.25, 0.3) is 0 Å². The number of urea groups is 1. The quantitative estimate of drug-likeness (QED) is 0.504. The molecule has 176 valence electrons. The minimum absolute atomic E-state index is 0.0380. The van der Waals surface area contributed by atoms with Gasteiger partial charge in [0.25, 0.3) is 0 Å². The Bertz CT molecular complexity index is 988. The SMILES string of the molecule is NC(=O)Nc1cc(Cl)ccc1OCCC(=O)NC1C[C@H]2CC[C@@H](C1)N2Cc1ccc(Cl)cc1.